The number of benzene rings is 2. The van der Waals surface area contributed by atoms with Crippen LogP contribution in [0.25, 0.3) is 0 Å². The fourth-order valence-electron chi connectivity index (χ4n) is 3.56. The number of halogens is 1. The second-order valence-corrected chi connectivity index (χ2v) is 6.92. The van der Waals surface area contributed by atoms with E-state index in [1.54, 1.807) is 24.4 Å². The van der Waals surface area contributed by atoms with Gasteiger partial charge in [0.15, 0.2) is 0 Å². The molecule has 0 bridgehead atoms. The standard InChI is InChI=1S/C20H13ClN8/c21-14-2-1-3-15(8-14)28-18-16(10-24-11-25-18)17(29-19(23)26-27-20(28)29)13-6-4-12(9-22)5-7-13/h1-8,10-11,17H,(H2,23,26). The van der Waals surface area contributed by atoms with E-state index in [0.717, 1.165) is 16.8 Å². The van der Waals surface area contributed by atoms with E-state index < -0.39 is 0 Å². The Morgan fingerprint density at radius 3 is 2.69 bits per heavy atom. The van der Waals surface area contributed by atoms with Crippen LogP contribution in [0.15, 0.2) is 61.1 Å². The van der Waals surface area contributed by atoms with Crippen molar-refractivity contribution < 1.29 is 0 Å². The van der Waals surface area contributed by atoms with E-state index in [4.69, 9.17) is 22.6 Å². The van der Waals surface area contributed by atoms with Crippen LogP contribution in [-0.4, -0.2) is 24.7 Å². The van der Waals surface area contributed by atoms with Gasteiger partial charge < -0.3 is 5.73 Å². The van der Waals surface area contributed by atoms with Gasteiger partial charge in [0.25, 0.3) is 0 Å². The van der Waals surface area contributed by atoms with Crippen molar-refractivity contribution in [3.63, 3.8) is 0 Å². The van der Waals surface area contributed by atoms with E-state index in [2.05, 4.69) is 26.2 Å². The second kappa shape index (κ2) is 6.58. The Morgan fingerprint density at radius 1 is 1.10 bits per heavy atom. The van der Waals surface area contributed by atoms with Gasteiger partial charge in [-0.15, -0.1) is 10.2 Å². The van der Waals surface area contributed by atoms with Crippen molar-refractivity contribution in [2.45, 2.75) is 6.04 Å². The SMILES string of the molecule is N#Cc1ccc(C2c3cncnc3N(c3cccc(Cl)c3)c3nnc(N)n32)cc1. The maximum absolute atomic E-state index is 9.12. The average molecular weight is 401 g/mol. The fourth-order valence-corrected chi connectivity index (χ4v) is 3.75. The van der Waals surface area contributed by atoms with Crippen molar-refractivity contribution in [3.05, 3.63) is 82.8 Å². The highest BCUT2D eigenvalue weighted by Gasteiger charge is 2.36. The number of nitriles is 1. The summed E-state index contributed by atoms with van der Waals surface area (Å²) in [5, 5.41) is 18.1. The summed E-state index contributed by atoms with van der Waals surface area (Å²) >= 11 is 6.22. The molecule has 2 aromatic heterocycles. The molecule has 0 fully saturated rings. The molecule has 0 saturated heterocycles. The molecule has 1 aliphatic rings. The van der Waals surface area contributed by atoms with Gasteiger partial charge in [-0.2, -0.15) is 5.26 Å². The number of nitrogens with zero attached hydrogens (tertiary/aromatic N) is 7. The molecule has 29 heavy (non-hydrogen) atoms. The molecule has 2 N–H and O–H groups in total. The highest BCUT2D eigenvalue weighted by atomic mass is 35.5. The maximum Gasteiger partial charge on any atom is 0.239 e. The molecule has 0 amide bonds. The van der Waals surface area contributed by atoms with Crippen LogP contribution in [0.4, 0.5) is 23.4 Å². The molecular formula is C20H13ClN8. The second-order valence-electron chi connectivity index (χ2n) is 6.48. The summed E-state index contributed by atoms with van der Waals surface area (Å²) < 4.78 is 1.83. The van der Waals surface area contributed by atoms with Gasteiger partial charge in [-0.3, -0.25) is 9.47 Å². The molecule has 0 radical (unpaired) electrons. The minimum absolute atomic E-state index is 0.260. The van der Waals surface area contributed by atoms with Gasteiger partial charge >= 0.3 is 0 Å². The number of aromatic nitrogens is 5. The molecule has 2 aromatic carbocycles. The highest BCUT2D eigenvalue weighted by Crippen LogP contribution is 2.46. The number of fused-ring (bicyclic) bond motifs is 2. The smallest absolute Gasteiger partial charge is 0.239 e. The molecular weight excluding hydrogens is 388 g/mol. The summed E-state index contributed by atoms with van der Waals surface area (Å²) in [6.45, 7) is 0. The van der Waals surface area contributed by atoms with E-state index in [1.165, 1.54) is 6.33 Å². The van der Waals surface area contributed by atoms with Crippen molar-refractivity contribution in [3.8, 4) is 6.07 Å². The van der Waals surface area contributed by atoms with Gasteiger partial charge in [0, 0.05) is 16.8 Å². The van der Waals surface area contributed by atoms with E-state index in [0.29, 0.717) is 22.4 Å². The molecule has 1 unspecified atom stereocenters. The molecule has 0 saturated carbocycles. The zero-order valence-corrected chi connectivity index (χ0v) is 15.7. The minimum atomic E-state index is -0.334. The first-order chi connectivity index (χ1) is 14.2. The van der Waals surface area contributed by atoms with Crippen LogP contribution in [0.3, 0.4) is 0 Å². The first-order valence-corrected chi connectivity index (χ1v) is 9.11. The molecule has 8 nitrogen and oxygen atoms in total. The Labute approximate surface area is 170 Å². The minimum Gasteiger partial charge on any atom is -0.368 e. The molecule has 1 atom stereocenters. The van der Waals surface area contributed by atoms with E-state index >= 15 is 0 Å². The van der Waals surface area contributed by atoms with Crippen LogP contribution >= 0.6 is 11.6 Å². The van der Waals surface area contributed by atoms with Gasteiger partial charge in [0.2, 0.25) is 11.9 Å². The molecule has 140 valence electrons. The number of rotatable bonds is 2. The van der Waals surface area contributed by atoms with Crippen LogP contribution in [0.5, 0.6) is 0 Å². The summed E-state index contributed by atoms with van der Waals surface area (Å²) in [7, 11) is 0. The molecule has 0 spiro atoms. The quantitative estimate of drug-likeness (QED) is 0.482. The van der Waals surface area contributed by atoms with Crippen molar-refractivity contribution in [2.75, 3.05) is 10.6 Å². The monoisotopic (exact) mass is 400 g/mol. The number of nitrogens with two attached hydrogens (primary N) is 1. The lowest BCUT2D eigenvalue weighted by molar-refractivity contribution is 0.656. The summed E-state index contributed by atoms with van der Waals surface area (Å²) in [4.78, 5) is 10.6. The van der Waals surface area contributed by atoms with Gasteiger partial charge in [-0.1, -0.05) is 29.8 Å². The zero-order valence-electron chi connectivity index (χ0n) is 14.9. The lowest BCUT2D eigenvalue weighted by Crippen LogP contribution is -2.29. The third-order valence-electron chi connectivity index (χ3n) is 4.81. The number of hydrogen-bond donors (Lipinski definition) is 1. The maximum atomic E-state index is 9.12. The zero-order chi connectivity index (χ0) is 20.0. The third kappa shape index (κ3) is 2.68. The van der Waals surface area contributed by atoms with Crippen molar-refractivity contribution >= 4 is 35.0 Å². The highest BCUT2D eigenvalue weighted by molar-refractivity contribution is 6.30. The molecule has 9 heteroatoms. The summed E-state index contributed by atoms with van der Waals surface area (Å²) in [6, 6.07) is 16.5. The Bertz CT molecular complexity index is 1260. The summed E-state index contributed by atoms with van der Waals surface area (Å²) in [5.74, 6) is 1.44. The van der Waals surface area contributed by atoms with E-state index in [1.807, 2.05) is 39.8 Å². The molecule has 3 heterocycles. The molecule has 1 aliphatic heterocycles. The van der Waals surface area contributed by atoms with Gasteiger partial charge in [-0.05, 0) is 35.9 Å². The average Bonchev–Trinajstić information content (AvgIpc) is 3.13. The predicted octanol–water partition coefficient (Wildman–Crippen LogP) is 3.60. The Morgan fingerprint density at radius 2 is 1.93 bits per heavy atom. The van der Waals surface area contributed by atoms with Crippen LogP contribution in [-0.2, 0) is 0 Å². The van der Waals surface area contributed by atoms with E-state index in [9.17, 15) is 0 Å². The van der Waals surface area contributed by atoms with Crippen molar-refractivity contribution in [2.24, 2.45) is 0 Å². The Hall–Kier alpha value is -3.96. The normalized spacial score (nSPS) is 14.8. The van der Waals surface area contributed by atoms with Gasteiger partial charge in [0.05, 0.1) is 23.4 Å². The fraction of sp³-hybridized carbons (Fsp3) is 0.0500. The van der Waals surface area contributed by atoms with Crippen LogP contribution in [0, 0.1) is 11.3 Å². The van der Waals surface area contributed by atoms with E-state index in [-0.39, 0.29) is 12.0 Å². The summed E-state index contributed by atoms with van der Waals surface area (Å²) in [6.07, 6.45) is 3.24. The lowest BCUT2D eigenvalue weighted by Gasteiger charge is -2.34. The van der Waals surface area contributed by atoms with Crippen LogP contribution in [0.2, 0.25) is 5.02 Å². The number of nitrogen functional groups attached to an aromatic ring is 1. The van der Waals surface area contributed by atoms with Crippen molar-refractivity contribution in [1.29, 1.82) is 5.26 Å². The first kappa shape index (κ1) is 17.2. The largest absolute Gasteiger partial charge is 0.368 e. The van der Waals surface area contributed by atoms with Crippen LogP contribution in [0.1, 0.15) is 22.7 Å². The number of hydrogen-bond acceptors (Lipinski definition) is 7. The summed E-state index contributed by atoms with van der Waals surface area (Å²) in [5.41, 5.74) is 9.32. The molecule has 4 aromatic rings. The molecule has 5 rings (SSSR count). The van der Waals surface area contributed by atoms with Crippen LogP contribution < -0.4 is 10.6 Å². The first-order valence-electron chi connectivity index (χ1n) is 8.73. The topological polar surface area (TPSA) is 110 Å². The Kier molecular flexibility index (Phi) is 3.89. The lowest BCUT2D eigenvalue weighted by atomic mass is 9.97. The predicted molar refractivity (Wildman–Crippen MR) is 108 cm³/mol. The number of anilines is 4. The third-order valence-corrected chi connectivity index (χ3v) is 5.04. The van der Waals surface area contributed by atoms with Gasteiger partial charge in [-0.25, -0.2) is 9.97 Å². The Balaban J connectivity index is 1.77. The van der Waals surface area contributed by atoms with Gasteiger partial charge in [0.1, 0.15) is 12.1 Å². The molecule has 0 aliphatic carbocycles. The van der Waals surface area contributed by atoms with Crippen molar-refractivity contribution in [1.82, 2.24) is 24.7 Å².